The zero-order valence-electron chi connectivity index (χ0n) is 12.7. The van der Waals surface area contributed by atoms with E-state index in [0.29, 0.717) is 19.6 Å². The van der Waals surface area contributed by atoms with Gasteiger partial charge in [-0.05, 0) is 22.3 Å². The van der Waals surface area contributed by atoms with Crippen LogP contribution in [-0.2, 0) is 4.74 Å². The highest BCUT2D eigenvalue weighted by molar-refractivity contribution is 5.79. The molecule has 0 radical (unpaired) electrons. The molecule has 0 fully saturated rings. The maximum atomic E-state index is 11.8. The number of amidine groups is 1. The fourth-order valence-corrected chi connectivity index (χ4v) is 2.95. The number of benzene rings is 2. The number of nitrogens with one attached hydrogen (secondary N) is 2. The SMILES string of the molecule is N=C(N)CCNC(=O)OCC1c2ccccc2-c2ccccc21. The molecule has 5 heteroatoms. The van der Waals surface area contributed by atoms with Crippen molar-refractivity contribution in [2.45, 2.75) is 12.3 Å². The van der Waals surface area contributed by atoms with E-state index in [-0.39, 0.29) is 11.8 Å². The fraction of sp³-hybridized carbons (Fsp3) is 0.222. The highest BCUT2D eigenvalue weighted by Gasteiger charge is 2.28. The Morgan fingerprint density at radius 1 is 1.09 bits per heavy atom. The first-order chi connectivity index (χ1) is 11.2. The molecule has 0 saturated heterocycles. The first-order valence-corrected chi connectivity index (χ1v) is 7.58. The molecule has 2 aromatic carbocycles. The van der Waals surface area contributed by atoms with Gasteiger partial charge in [0.15, 0.2) is 0 Å². The van der Waals surface area contributed by atoms with Crippen molar-refractivity contribution in [3.63, 3.8) is 0 Å². The fourth-order valence-electron chi connectivity index (χ4n) is 2.95. The second-order valence-electron chi connectivity index (χ2n) is 5.53. The standard InChI is InChI=1S/C18H19N3O2/c19-17(20)9-10-21-18(22)23-11-16-14-7-3-1-5-12(14)13-6-2-4-8-15(13)16/h1-8,16H,9-11H2,(H3,19,20)(H,21,22). The van der Waals surface area contributed by atoms with Crippen molar-refractivity contribution in [3.05, 3.63) is 59.7 Å². The Bertz CT molecular complexity index is 697. The van der Waals surface area contributed by atoms with Gasteiger partial charge in [-0.2, -0.15) is 0 Å². The number of nitrogens with two attached hydrogens (primary N) is 1. The highest BCUT2D eigenvalue weighted by Crippen LogP contribution is 2.44. The summed E-state index contributed by atoms with van der Waals surface area (Å²) in [5.41, 5.74) is 10.0. The number of fused-ring (bicyclic) bond motifs is 3. The third-order valence-electron chi connectivity index (χ3n) is 4.01. The number of ether oxygens (including phenoxy) is 1. The Kier molecular flexibility index (Phi) is 4.28. The van der Waals surface area contributed by atoms with Gasteiger partial charge < -0.3 is 15.8 Å². The molecule has 4 N–H and O–H groups in total. The normalized spacial score (nSPS) is 12.3. The zero-order valence-corrected chi connectivity index (χ0v) is 12.7. The number of hydrogen-bond acceptors (Lipinski definition) is 3. The lowest BCUT2D eigenvalue weighted by Crippen LogP contribution is -2.29. The summed E-state index contributed by atoms with van der Waals surface area (Å²) in [6.45, 7) is 0.603. The van der Waals surface area contributed by atoms with Crippen molar-refractivity contribution in [3.8, 4) is 11.1 Å². The Hall–Kier alpha value is -2.82. The molecule has 2 aromatic rings. The van der Waals surface area contributed by atoms with Crippen LogP contribution < -0.4 is 11.1 Å². The maximum Gasteiger partial charge on any atom is 0.407 e. The van der Waals surface area contributed by atoms with Gasteiger partial charge in [-0.25, -0.2) is 4.79 Å². The summed E-state index contributed by atoms with van der Waals surface area (Å²) < 4.78 is 5.36. The topological polar surface area (TPSA) is 88.2 Å². The highest BCUT2D eigenvalue weighted by atomic mass is 16.5. The average molecular weight is 309 g/mol. The number of rotatable bonds is 5. The van der Waals surface area contributed by atoms with Gasteiger partial charge in [0.2, 0.25) is 0 Å². The minimum atomic E-state index is -0.479. The average Bonchev–Trinajstić information content (AvgIpc) is 2.87. The van der Waals surface area contributed by atoms with Crippen molar-refractivity contribution in [1.29, 1.82) is 5.41 Å². The van der Waals surface area contributed by atoms with Gasteiger partial charge >= 0.3 is 6.09 Å². The molecule has 118 valence electrons. The van der Waals surface area contributed by atoms with Crippen LogP contribution in [0.4, 0.5) is 4.79 Å². The Balaban J connectivity index is 1.69. The molecule has 0 aromatic heterocycles. The van der Waals surface area contributed by atoms with Gasteiger partial charge in [-0.1, -0.05) is 48.5 Å². The van der Waals surface area contributed by atoms with Crippen LogP contribution in [0.2, 0.25) is 0 Å². The monoisotopic (exact) mass is 309 g/mol. The molecule has 1 aliphatic carbocycles. The van der Waals surface area contributed by atoms with Gasteiger partial charge in [0.25, 0.3) is 0 Å². The number of carbonyl (C=O) groups excluding carboxylic acids is 1. The smallest absolute Gasteiger partial charge is 0.407 e. The van der Waals surface area contributed by atoms with E-state index in [1.807, 2.05) is 24.3 Å². The molecule has 0 aliphatic heterocycles. The van der Waals surface area contributed by atoms with Crippen molar-refractivity contribution in [1.82, 2.24) is 5.32 Å². The number of carbonyl (C=O) groups is 1. The number of amides is 1. The first-order valence-electron chi connectivity index (χ1n) is 7.58. The molecule has 0 heterocycles. The molecular formula is C18H19N3O2. The third kappa shape index (κ3) is 3.18. The van der Waals surface area contributed by atoms with Gasteiger partial charge in [0.1, 0.15) is 6.61 Å². The van der Waals surface area contributed by atoms with Gasteiger partial charge in [-0.3, -0.25) is 5.41 Å². The van der Waals surface area contributed by atoms with E-state index >= 15 is 0 Å². The third-order valence-corrected chi connectivity index (χ3v) is 4.01. The molecule has 1 aliphatic rings. The first kappa shape index (κ1) is 15.1. The minimum absolute atomic E-state index is 0.0453. The Morgan fingerprint density at radius 2 is 1.65 bits per heavy atom. The summed E-state index contributed by atoms with van der Waals surface area (Å²) in [7, 11) is 0. The summed E-state index contributed by atoms with van der Waals surface area (Å²) >= 11 is 0. The van der Waals surface area contributed by atoms with E-state index in [1.165, 1.54) is 22.3 Å². The molecule has 0 unspecified atom stereocenters. The van der Waals surface area contributed by atoms with E-state index in [0.717, 1.165) is 0 Å². The molecule has 0 bridgehead atoms. The Labute approximate surface area is 135 Å². The van der Waals surface area contributed by atoms with E-state index in [9.17, 15) is 4.79 Å². The summed E-state index contributed by atoms with van der Waals surface area (Å²) in [5.74, 6) is 0.102. The molecule has 3 rings (SSSR count). The molecule has 23 heavy (non-hydrogen) atoms. The lowest BCUT2D eigenvalue weighted by molar-refractivity contribution is 0.143. The molecule has 0 atom stereocenters. The quantitative estimate of drug-likeness (QED) is 0.586. The number of hydrogen-bond donors (Lipinski definition) is 3. The molecule has 0 spiro atoms. The van der Waals surface area contributed by atoms with E-state index in [1.54, 1.807) is 0 Å². The molecule has 5 nitrogen and oxygen atoms in total. The van der Waals surface area contributed by atoms with Gasteiger partial charge in [-0.15, -0.1) is 0 Å². The van der Waals surface area contributed by atoms with Crippen LogP contribution >= 0.6 is 0 Å². The summed E-state index contributed by atoms with van der Waals surface area (Å²) in [4.78, 5) is 11.8. The summed E-state index contributed by atoms with van der Waals surface area (Å²) in [6, 6.07) is 16.4. The van der Waals surface area contributed by atoms with Crippen LogP contribution in [0.15, 0.2) is 48.5 Å². The van der Waals surface area contributed by atoms with E-state index in [4.69, 9.17) is 15.9 Å². The van der Waals surface area contributed by atoms with Crippen LogP contribution in [0.25, 0.3) is 11.1 Å². The minimum Gasteiger partial charge on any atom is -0.449 e. The van der Waals surface area contributed by atoms with Crippen LogP contribution in [0.1, 0.15) is 23.5 Å². The summed E-state index contributed by atoms with van der Waals surface area (Å²) in [5, 5.41) is 9.73. The van der Waals surface area contributed by atoms with Crippen LogP contribution in [-0.4, -0.2) is 25.1 Å². The van der Waals surface area contributed by atoms with Crippen LogP contribution in [0.5, 0.6) is 0 Å². The number of alkyl carbamates (subject to hydrolysis) is 1. The Morgan fingerprint density at radius 3 is 2.22 bits per heavy atom. The van der Waals surface area contributed by atoms with E-state index in [2.05, 4.69) is 29.6 Å². The summed E-state index contributed by atoms with van der Waals surface area (Å²) in [6.07, 6.45) is -0.155. The van der Waals surface area contributed by atoms with Crippen molar-refractivity contribution in [2.24, 2.45) is 5.73 Å². The lowest BCUT2D eigenvalue weighted by Gasteiger charge is -2.14. The maximum absolute atomic E-state index is 11.8. The predicted molar refractivity (Wildman–Crippen MR) is 89.6 cm³/mol. The van der Waals surface area contributed by atoms with Crippen LogP contribution in [0.3, 0.4) is 0 Å². The second kappa shape index (κ2) is 6.52. The van der Waals surface area contributed by atoms with Crippen molar-refractivity contribution >= 4 is 11.9 Å². The van der Waals surface area contributed by atoms with Gasteiger partial charge in [0.05, 0.1) is 5.84 Å². The van der Waals surface area contributed by atoms with Crippen molar-refractivity contribution < 1.29 is 9.53 Å². The van der Waals surface area contributed by atoms with Gasteiger partial charge in [0, 0.05) is 18.9 Å². The van der Waals surface area contributed by atoms with E-state index < -0.39 is 6.09 Å². The zero-order chi connectivity index (χ0) is 16.2. The predicted octanol–water partition coefficient (Wildman–Crippen LogP) is 2.85. The lowest BCUT2D eigenvalue weighted by atomic mass is 9.98. The molecule has 1 amide bonds. The van der Waals surface area contributed by atoms with Crippen molar-refractivity contribution in [2.75, 3.05) is 13.2 Å². The molecular weight excluding hydrogens is 290 g/mol. The second-order valence-corrected chi connectivity index (χ2v) is 5.53. The largest absolute Gasteiger partial charge is 0.449 e. The van der Waals surface area contributed by atoms with Crippen LogP contribution in [0, 0.1) is 5.41 Å². The molecule has 0 saturated carbocycles.